The molecule has 2 aliphatic rings. The van der Waals surface area contributed by atoms with Gasteiger partial charge in [-0.25, -0.2) is 4.98 Å². The maximum atomic E-state index is 12.6. The predicted molar refractivity (Wildman–Crippen MR) is 84.0 cm³/mol. The average molecular weight is 328 g/mol. The Morgan fingerprint density at radius 2 is 1.90 bits per heavy atom. The van der Waals surface area contributed by atoms with E-state index in [0.29, 0.717) is 16.2 Å². The Morgan fingerprint density at radius 3 is 2.67 bits per heavy atom. The van der Waals surface area contributed by atoms with Crippen LogP contribution in [0, 0.1) is 0 Å². The van der Waals surface area contributed by atoms with Crippen molar-refractivity contribution < 1.29 is 4.79 Å². The van der Waals surface area contributed by atoms with E-state index in [1.54, 1.807) is 12.1 Å². The number of likely N-dealkylation sites (tertiary alicyclic amines) is 2. The molecule has 0 saturated carbocycles. The molecule has 0 aromatic carbocycles. The van der Waals surface area contributed by atoms with Crippen LogP contribution in [-0.4, -0.2) is 52.9 Å². The fourth-order valence-electron chi connectivity index (χ4n) is 3.26. The second kappa shape index (κ2) is 6.51. The van der Waals surface area contributed by atoms with Crippen molar-refractivity contribution in [2.24, 2.45) is 0 Å². The molecule has 0 aliphatic carbocycles. The Hall–Kier alpha value is -0.840. The van der Waals surface area contributed by atoms with Gasteiger partial charge in [-0.15, -0.1) is 0 Å². The van der Waals surface area contributed by atoms with Gasteiger partial charge in [-0.3, -0.25) is 9.69 Å². The monoisotopic (exact) mass is 327 g/mol. The molecule has 2 fully saturated rings. The summed E-state index contributed by atoms with van der Waals surface area (Å²) in [6.07, 6.45) is 4.74. The molecular formula is C15H19Cl2N3O. The summed E-state index contributed by atoms with van der Waals surface area (Å²) in [7, 11) is 0. The third kappa shape index (κ3) is 3.33. The molecule has 4 nitrogen and oxygen atoms in total. The highest BCUT2D eigenvalue weighted by atomic mass is 35.5. The van der Waals surface area contributed by atoms with Gasteiger partial charge in [0.1, 0.15) is 10.8 Å². The van der Waals surface area contributed by atoms with E-state index in [2.05, 4.69) is 9.88 Å². The molecule has 0 spiro atoms. The van der Waals surface area contributed by atoms with Gasteiger partial charge >= 0.3 is 0 Å². The average Bonchev–Trinajstić information content (AvgIpc) is 3.03. The van der Waals surface area contributed by atoms with E-state index in [1.165, 1.54) is 19.3 Å². The Labute approximate surface area is 135 Å². The van der Waals surface area contributed by atoms with E-state index >= 15 is 0 Å². The molecule has 2 aliphatic heterocycles. The zero-order valence-electron chi connectivity index (χ0n) is 11.9. The smallest absolute Gasteiger partial charge is 0.274 e. The molecular weight excluding hydrogens is 309 g/mol. The highest BCUT2D eigenvalue weighted by molar-refractivity contribution is 6.34. The zero-order valence-corrected chi connectivity index (χ0v) is 13.4. The second-order valence-corrected chi connectivity index (χ2v) is 6.55. The Balaban J connectivity index is 1.73. The number of rotatable bonds is 2. The standard InChI is InChI=1S/C15H19Cl2N3O/c16-12-5-6-13(17)18-14(12)15(21)20-9-3-4-11(10-20)19-7-1-2-8-19/h5-6,11H,1-4,7-10H2. The third-order valence-corrected chi connectivity index (χ3v) is 4.87. The summed E-state index contributed by atoms with van der Waals surface area (Å²) in [5.41, 5.74) is 0.270. The van der Waals surface area contributed by atoms with E-state index in [1.807, 2.05) is 4.90 Å². The lowest BCUT2D eigenvalue weighted by molar-refractivity contribution is 0.0602. The van der Waals surface area contributed by atoms with Gasteiger partial charge in [0.25, 0.3) is 5.91 Å². The van der Waals surface area contributed by atoms with E-state index in [0.717, 1.165) is 32.6 Å². The summed E-state index contributed by atoms with van der Waals surface area (Å²) in [5.74, 6) is -0.105. The second-order valence-electron chi connectivity index (χ2n) is 5.75. The number of nitrogens with zero attached hydrogens (tertiary/aromatic N) is 3. The number of piperidine rings is 1. The summed E-state index contributed by atoms with van der Waals surface area (Å²) in [5, 5.41) is 0.670. The van der Waals surface area contributed by atoms with Gasteiger partial charge in [0.05, 0.1) is 5.02 Å². The predicted octanol–water partition coefficient (Wildman–Crippen LogP) is 3.09. The van der Waals surface area contributed by atoms with E-state index in [4.69, 9.17) is 23.2 Å². The maximum Gasteiger partial charge on any atom is 0.274 e. The van der Waals surface area contributed by atoms with Crippen molar-refractivity contribution in [3.05, 3.63) is 28.0 Å². The molecule has 1 atom stereocenters. The number of hydrogen-bond acceptors (Lipinski definition) is 3. The van der Waals surface area contributed by atoms with Crippen LogP contribution >= 0.6 is 23.2 Å². The normalized spacial score (nSPS) is 23.5. The highest BCUT2D eigenvalue weighted by Gasteiger charge is 2.30. The van der Waals surface area contributed by atoms with Crippen LogP contribution in [0.2, 0.25) is 10.2 Å². The Kier molecular flexibility index (Phi) is 4.67. The van der Waals surface area contributed by atoms with Crippen LogP contribution in [0.5, 0.6) is 0 Å². The van der Waals surface area contributed by atoms with Gasteiger partial charge < -0.3 is 4.90 Å². The summed E-state index contributed by atoms with van der Waals surface area (Å²) in [4.78, 5) is 21.1. The molecule has 0 bridgehead atoms. The number of carbonyl (C=O) groups excluding carboxylic acids is 1. The highest BCUT2D eigenvalue weighted by Crippen LogP contribution is 2.24. The number of halogens is 2. The van der Waals surface area contributed by atoms with Gasteiger partial charge in [0.15, 0.2) is 0 Å². The van der Waals surface area contributed by atoms with E-state index in [-0.39, 0.29) is 11.6 Å². The molecule has 1 aromatic heterocycles. The first-order valence-corrected chi connectivity index (χ1v) is 8.26. The molecule has 6 heteroatoms. The van der Waals surface area contributed by atoms with Crippen LogP contribution < -0.4 is 0 Å². The van der Waals surface area contributed by atoms with E-state index < -0.39 is 0 Å². The van der Waals surface area contributed by atoms with Gasteiger partial charge in [0, 0.05) is 19.1 Å². The van der Waals surface area contributed by atoms with Crippen molar-refractivity contribution in [3.63, 3.8) is 0 Å². The van der Waals surface area contributed by atoms with Gasteiger partial charge in [0.2, 0.25) is 0 Å². The van der Waals surface area contributed by atoms with E-state index in [9.17, 15) is 4.79 Å². The molecule has 2 saturated heterocycles. The topological polar surface area (TPSA) is 36.4 Å². The van der Waals surface area contributed by atoms with Crippen LogP contribution in [-0.2, 0) is 0 Å². The molecule has 3 heterocycles. The molecule has 3 rings (SSSR count). The molecule has 21 heavy (non-hydrogen) atoms. The third-order valence-electron chi connectivity index (χ3n) is 4.36. The van der Waals surface area contributed by atoms with Crippen LogP contribution in [0.15, 0.2) is 12.1 Å². The molecule has 1 unspecified atom stereocenters. The number of carbonyl (C=O) groups is 1. The fraction of sp³-hybridized carbons (Fsp3) is 0.600. The Bertz CT molecular complexity index is 532. The first kappa shape index (κ1) is 15.1. The van der Waals surface area contributed by atoms with Crippen molar-refractivity contribution in [1.82, 2.24) is 14.8 Å². The van der Waals surface area contributed by atoms with Crippen molar-refractivity contribution in [2.75, 3.05) is 26.2 Å². The lowest BCUT2D eigenvalue weighted by Crippen LogP contribution is -2.49. The van der Waals surface area contributed by atoms with Crippen LogP contribution in [0.4, 0.5) is 0 Å². The molecule has 1 amide bonds. The summed E-state index contributed by atoms with van der Waals surface area (Å²) >= 11 is 12.0. The van der Waals surface area contributed by atoms with Crippen LogP contribution in [0.25, 0.3) is 0 Å². The fourth-order valence-corrected chi connectivity index (χ4v) is 3.60. The van der Waals surface area contributed by atoms with Crippen molar-refractivity contribution in [2.45, 2.75) is 31.7 Å². The quantitative estimate of drug-likeness (QED) is 0.783. The van der Waals surface area contributed by atoms with Crippen molar-refractivity contribution >= 4 is 29.1 Å². The molecule has 1 aromatic rings. The first-order valence-electron chi connectivity index (χ1n) is 7.50. The summed E-state index contributed by atoms with van der Waals surface area (Å²) in [6.45, 7) is 3.85. The van der Waals surface area contributed by atoms with Gasteiger partial charge in [-0.2, -0.15) is 0 Å². The van der Waals surface area contributed by atoms with Crippen molar-refractivity contribution in [3.8, 4) is 0 Å². The maximum absolute atomic E-state index is 12.6. The Morgan fingerprint density at radius 1 is 1.14 bits per heavy atom. The van der Waals surface area contributed by atoms with Crippen molar-refractivity contribution in [1.29, 1.82) is 0 Å². The SMILES string of the molecule is O=C(c1nc(Cl)ccc1Cl)N1CCCC(N2CCCC2)C1. The summed E-state index contributed by atoms with van der Waals surface area (Å²) in [6, 6.07) is 3.71. The first-order chi connectivity index (χ1) is 10.1. The minimum Gasteiger partial charge on any atom is -0.336 e. The van der Waals surface area contributed by atoms with Gasteiger partial charge in [-0.05, 0) is 50.9 Å². The molecule has 114 valence electrons. The minimum atomic E-state index is -0.105. The van der Waals surface area contributed by atoms with Crippen LogP contribution in [0.1, 0.15) is 36.2 Å². The largest absolute Gasteiger partial charge is 0.336 e. The minimum absolute atomic E-state index is 0.105. The molecule has 0 N–H and O–H groups in total. The number of hydrogen-bond donors (Lipinski definition) is 0. The van der Waals surface area contributed by atoms with Gasteiger partial charge in [-0.1, -0.05) is 23.2 Å². The number of amides is 1. The molecule has 0 radical (unpaired) electrons. The zero-order chi connectivity index (χ0) is 14.8. The summed E-state index contributed by atoms with van der Waals surface area (Å²) < 4.78 is 0. The number of aromatic nitrogens is 1. The van der Waals surface area contributed by atoms with Crippen LogP contribution in [0.3, 0.4) is 0 Å². The lowest BCUT2D eigenvalue weighted by Gasteiger charge is -2.37. The lowest BCUT2D eigenvalue weighted by atomic mass is 10.0. The number of pyridine rings is 1.